The standard InChI is InChI=1S/C24H34N8O3/c1-24(2,23(33)30-27-14-6-5-13-26)21-16-31-15-20(17-8-10-18(11-9-17)32(34)35)28-19(22(31)29-21)7-3-4-12-25/h8-11,15-16,27H,3-7,12-14,25-26H2,1-2H3,(H,30,33). The number of imidazole rings is 1. The van der Waals surface area contributed by atoms with Crippen molar-refractivity contribution in [3.63, 3.8) is 0 Å². The summed E-state index contributed by atoms with van der Waals surface area (Å²) in [6, 6.07) is 6.29. The maximum absolute atomic E-state index is 12.9. The van der Waals surface area contributed by atoms with E-state index in [1.807, 2.05) is 30.6 Å². The zero-order chi connectivity index (χ0) is 25.4. The summed E-state index contributed by atoms with van der Waals surface area (Å²) in [5.41, 5.74) is 19.5. The van der Waals surface area contributed by atoms with Crippen LogP contribution in [0.25, 0.3) is 16.9 Å². The van der Waals surface area contributed by atoms with E-state index in [2.05, 4.69) is 10.9 Å². The molecule has 0 aliphatic rings. The molecule has 3 rings (SSSR count). The molecule has 2 heterocycles. The monoisotopic (exact) mass is 482 g/mol. The first-order chi connectivity index (χ1) is 16.8. The third-order valence-corrected chi connectivity index (χ3v) is 5.91. The first-order valence-corrected chi connectivity index (χ1v) is 11.8. The molecule has 2 aromatic heterocycles. The van der Waals surface area contributed by atoms with Gasteiger partial charge >= 0.3 is 0 Å². The summed E-state index contributed by atoms with van der Waals surface area (Å²) in [6.07, 6.45) is 7.80. The number of unbranched alkanes of at least 4 members (excludes halogenated alkanes) is 2. The van der Waals surface area contributed by atoms with E-state index in [0.29, 0.717) is 43.1 Å². The molecule has 0 bridgehead atoms. The number of hydrazine groups is 1. The number of nitro groups is 1. The fraction of sp³-hybridized carbons (Fsp3) is 0.458. The lowest BCUT2D eigenvalue weighted by atomic mass is 9.89. The van der Waals surface area contributed by atoms with E-state index in [4.69, 9.17) is 21.4 Å². The van der Waals surface area contributed by atoms with Crippen molar-refractivity contribution >= 4 is 17.2 Å². The van der Waals surface area contributed by atoms with Crippen LogP contribution >= 0.6 is 0 Å². The fourth-order valence-electron chi connectivity index (χ4n) is 3.63. The number of non-ortho nitro benzene ring substituents is 1. The molecule has 6 N–H and O–H groups in total. The highest BCUT2D eigenvalue weighted by atomic mass is 16.6. The fourth-order valence-corrected chi connectivity index (χ4v) is 3.63. The maximum atomic E-state index is 12.9. The largest absolute Gasteiger partial charge is 0.330 e. The molecule has 0 saturated carbocycles. The van der Waals surface area contributed by atoms with Gasteiger partial charge in [-0.25, -0.2) is 15.4 Å². The van der Waals surface area contributed by atoms with Crippen molar-refractivity contribution in [2.75, 3.05) is 19.6 Å². The summed E-state index contributed by atoms with van der Waals surface area (Å²) in [7, 11) is 0. The Labute approximate surface area is 204 Å². The third kappa shape index (κ3) is 6.38. The van der Waals surface area contributed by atoms with E-state index < -0.39 is 10.3 Å². The zero-order valence-corrected chi connectivity index (χ0v) is 20.3. The van der Waals surface area contributed by atoms with Crippen LogP contribution < -0.4 is 22.3 Å². The molecule has 3 aromatic rings. The average molecular weight is 483 g/mol. The molecule has 0 fully saturated rings. The molecular formula is C24H34N8O3. The van der Waals surface area contributed by atoms with Gasteiger partial charge in [0.2, 0.25) is 5.91 Å². The number of nitrogens with two attached hydrogens (primary N) is 2. The lowest BCUT2D eigenvalue weighted by Gasteiger charge is -2.21. The minimum Gasteiger partial charge on any atom is -0.330 e. The van der Waals surface area contributed by atoms with E-state index in [1.54, 1.807) is 12.1 Å². The highest BCUT2D eigenvalue weighted by Crippen LogP contribution is 2.27. The van der Waals surface area contributed by atoms with Crippen LogP contribution in [-0.2, 0) is 16.6 Å². The van der Waals surface area contributed by atoms with Gasteiger partial charge in [-0.2, -0.15) is 0 Å². The molecule has 1 amide bonds. The van der Waals surface area contributed by atoms with Crippen LogP contribution in [0.2, 0.25) is 0 Å². The lowest BCUT2D eigenvalue weighted by Crippen LogP contribution is -2.47. The number of hydrogen-bond donors (Lipinski definition) is 4. The first kappa shape index (κ1) is 26.2. The smallest absolute Gasteiger partial charge is 0.269 e. The Kier molecular flexibility index (Phi) is 8.85. The van der Waals surface area contributed by atoms with Crippen LogP contribution in [-0.4, -0.2) is 44.8 Å². The van der Waals surface area contributed by atoms with Gasteiger partial charge in [0, 0.05) is 36.6 Å². The van der Waals surface area contributed by atoms with Gasteiger partial charge in [-0.05, 0) is 71.2 Å². The molecule has 0 unspecified atom stereocenters. The second-order valence-electron chi connectivity index (χ2n) is 8.98. The first-order valence-electron chi connectivity index (χ1n) is 11.8. The summed E-state index contributed by atoms with van der Waals surface area (Å²) in [6.45, 7) is 5.49. The Balaban J connectivity index is 1.92. The minimum absolute atomic E-state index is 0.0207. The number of aryl methyl sites for hydroxylation is 1. The van der Waals surface area contributed by atoms with E-state index in [1.165, 1.54) is 12.1 Å². The number of nitro benzene ring substituents is 1. The number of amides is 1. The molecule has 35 heavy (non-hydrogen) atoms. The molecule has 11 heteroatoms. The van der Waals surface area contributed by atoms with Crippen molar-refractivity contribution < 1.29 is 9.72 Å². The van der Waals surface area contributed by atoms with Gasteiger partial charge in [-0.15, -0.1) is 0 Å². The molecule has 0 aliphatic carbocycles. The van der Waals surface area contributed by atoms with Crippen molar-refractivity contribution in [2.24, 2.45) is 11.5 Å². The molecule has 11 nitrogen and oxygen atoms in total. The molecule has 0 radical (unpaired) electrons. The second-order valence-corrected chi connectivity index (χ2v) is 8.98. The van der Waals surface area contributed by atoms with E-state index >= 15 is 0 Å². The number of hydrogen-bond acceptors (Lipinski definition) is 8. The zero-order valence-electron chi connectivity index (χ0n) is 20.3. The number of nitrogens with zero attached hydrogens (tertiary/aromatic N) is 4. The van der Waals surface area contributed by atoms with Crippen molar-refractivity contribution in [3.8, 4) is 11.3 Å². The van der Waals surface area contributed by atoms with Crippen molar-refractivity contribution in [1.29, 1.82) is 0 Å². The predicted octanol–water partition coefficient (Wildman–Crippen LogP) is 2.22. The lowest BCUT2D eigenvalue weighted by molar-refractivity contribution is -0.384. The second kappa shape index (κ2) is 11.8. The number of nitrogens with one attached hydrogen (secondary N) is 2. The van der Waals surface area contributed by atoms with Crippen LogP contribution in [0.4, 0.5) is 5.69 Å². The summed E-state index contributed by atoms with van der Waals surface area (Å²) in [4.78, 5) is 33.1. The highest BCUT2D eigenvalue weighted by molar-refractivity contribution is 5.86. The van der Waals surface area contributed by atoms with Gasteiger partial charge in [-0.3, -0.25) is 20.3 Å². The van der Waals surface area contributed by atoms with E-state index in [-0.39, 0.29) is 11.6 Å². The van der Waals surface area contributed by atoms with Gasteiger partial charge in [0.05, 0.1) is 27.4 Å². The van der Waals surface area contributed by atoms with Crippen molar-refractivity contribution in [2.45, 2.75) is 51.4 Å². The Hall–Kier alpha value is -3.41. The van der Waals surface area contributed by atoms with Crippen LogP contribution in [0, 0.1) is 10.1 Å². The number of aromatic nitrogens is 3. The van der Waals surface area contributed by atoms with Gasteiger partial charge in [0.25, 0.3) is 5.69 Å². The number of rotatable bonds is 13. The quantitative estimate of drug-likeness (QED) is 0.163. The molecule has 0 saturated heterocycles. The SMILES string of the molecule is CC(C)(C(=O)NNCCCCN)c1cn2cc(-c3ccc([N+](=O)[O-])cc3)nc(CCCCN)c2n1. The summed E-state index contributed by atoms with van der Waals surface area (Å²) in [5, 5.41) is 11.0. The summed E-state index contributed by atoms with van der Waals surface area (Å²) < 4.78 is 1.88. The normalized spacial score (nSPS) is 11.7. The van der Waals surface area contributed by atoms with Gasteiger partial charge in [0.15, 0.2) is 5.65 Å². The van der Waals surface area contributed by atoms with E-state index in [0.717, 1.165) is 36.9 Å². The molecule has 0 aliphatic heterocycles. The molecule has 188 valence electrons. The van der Waals surface area contributed by atoms with E-state index in [9.17, 15) is 14.9 Å². The molecule has 0 spiro atoms. The third-order valence-electron chi connectivity index (χ3n) is 5.91. The predicted molar refractivity (Wildman–Crippen MR) is 135 cm³/mol. The minimum atomic E-state index is -0.894. The number of carbonyl (C=O) groups excluding carboxylic acids is 1. The number of benzene rings is 1. The van der Waals surface area contributed by atoms with Crippen LogP contribution in [0.15, 0.2) is 36.7 Å². The van der Waals surface area contributed by atoms with Gasteiger partial charge in [0.1, 0.15) is 0 Å². The van der Waals surface area contributed by atoms with Crippen molar-refractivity contribution in [3.05, 3.63) is 58.2 Å². The van der Waals surface area contributed by atoms with Crippen LogP contribution in [0.5, 0.6) is 0 Å². The Bertz CT molecular complexity index is 1160. The number of fused-ring (bicyclic) bond motifs is 1. The summed E-state index contributed by atoms with van der Waals surface area (Å²) >= 11 is 0. The van der Waals surface area contributed by atoms with Crippen LogP contribution in [0.1, 0.15) is 50.9 Å². The van der Waals surface area contributed by atoms with Gasteiger partial charge < -0.3 is 15.9 Å². The molecular weight excluding hydrogens is 448 g/mol. The average Bonchev–Trinajstić information content (AvgIpc) is 3.29. The Morgan fingerprint density at radius 2 is 1.74 bits per heavy atom. The maximum Gasteiger partial charge on any atom is 0.269 e. The Morgan fingerprint density at radius 3 is 2.40 bits per heavy atom. The topological polar surface area (TPSA) is 166 Å². The molecule has 0 atom stereocenters. The van der Waals surface area contributed by atoms with Crippen LogP contribution in [0.3, 0.4) is 0 Å². The van der Waals surface area contributed by atoms with Gasteiger partial charge in [-0.1, -0.05) is 0 Å². The number of carbonyl (C=O) groups is 1. The molecule has 1 aromatic carbocycles. The Morgan fingerprint density at radius 1 is 1.06 bits per heavy atom. The highest BCUT2D eigenvalue weighted by Gasteiger charge is 2.33. The van der Waals surface area contributed by atoms with Crippen molar-refractivity contribution in [1.82, 2.24) is 25.2 Å². The summed E-state index contributed by atoms with van der Waals surface area (Å²) in [5.74, 6) is -0.193.